The average molecular weight is 359 g/mol. The largest absolute Gasteiger partial charge is 0.345 e. The third-order valence-corrected chi connectivity index (χ3v) is 6.10. The van der Waals surface area contributed by atoms with Gasteiger partial charge in [0.1, 0.15) is 0 Å². The minimum absolute atomic E-state index is 0.0938. The van der Waals surface area contributed by atoms with E-state index in [1.54, 1.807) is 17.4 Å². The highest BCUT2D eigenvalue weighted by Crippen LogP contribution is 2.39. The molecule has 0 atom stereocenters. The van der Waals surface area contributed by atoms with Gasteiger partial charge in [-0.15, -0.1) is 22.7 Å². The first-order chi connectivity index (χ1) is 11.6. The van der Waals surface area contributed by atoms with E-state index in [0.717, 1.165) is 27.6 Å². The fraction of sp³-hybridized carbons (Fsp3) is 0.188. The van der Waals surface area contributed by atoms with Gasteiger partial charge in [0, 0.05) is 20.8 Å². The number of hydrazine groups is 1. The summed E-state index contributed by atoms with van der Waals surface area (Å²) in [7, 11) is 0. The fourth-order valence-electron chi connectivity index (χ4n) is 2.32. The smallest absolute Gasteiger partial charge is 0.327 e. The number of carbonyl (C=O) groups is 3. The minimum atomic E-state index is -0.862. The molecule has 3 aromatic rings. The van der Waals surface area contributed by atoms with E-state index >= 15 is 0 Å². The van der Waals surface area contributed by atoms with Gasteiger partial charge in [-0.1, -0.05) is 18.2 Å². The Morgan fingerprint density at radius 3 is 2.54 bits per heavy atom. The molecule has 0 unspecified atom stereocenters. The number of nitrogens with one attached hydrogen (secondary N) is 3. The van der Waals surface area contributed by atoms with Crippen LogP contribution < -0.4 is 16.2 Å². The van der Waals surface area contributed by atoms with E-state index < -0.39 is 17.7 Å². The number of benzene rings is 1. The Labute approximate surface area is 144 Å². The zero-order chi connectivity index (χ0) is 16.7. The summed E-state index contributed by atoms with van der Waals surface area (Å²) in [6.07, 6.45) is 1.79. The summed E-state index contributed by atoms with van der Waals surface area (Å²) in [6, 6.07) is 9.92. The Balaban J connectivity index is 1.45. The van der Waals surface area contributed by atoms with Crippen molar-refractivity contribution in [1.29, 1.82) is 0 Å². The molecule has 0 radical (unpaired) electrons. The topological polar surface area (TPSA) is 87.3 Å². The van der Waals surface area contributed by atoms with Crippen LogP contribution in [-0.4, -0.2) is 23.8 Å². The van der Waals surface area contributed by atoms with Crippen LogP contribution in [0.1, 0.15) is 22.5 Å². The number of rotatable bonds is 2. The van der Waals surface area contributed by atoms with Gasteiger partial charge < -0.3 is 5.32 Å². The standard InChI is InChI=1S/C16H13N3O3S2/c20-14(18-19-16(22)15(21)17-8-5-6-8)12-7-11-13(24-12)9-3-1-2-4-10(9)23-11/h1-4,7-8H,5-6H2,(H,17,21)(H,18,20)(H,19,22). The van der Waals surface area contributed by atoms with Crippen LogP contribution in [0.3, 0.4) is 0 Å². The fourth-order valence-corrected chi connectivity index (χ4v) is 4.74. The first kappa shape index (κ1) is 15.1. The summed E-state index contributed by atoms with van der Waals surface area (Å²) in [5.41, 5.74) is 4.43. The number of hydrogen-bond acceptors (Lipinski definition) is 5. The third-order valence-electron chi connectivity index (χ3n) is 3.68. The minimum Gasteiger partial charge on any atom is -0.345 e. The molecule has 3 N–H and O–H groups in total. The molecule has 3 amide bonds. The van der Waals surface area contributed by atoms with E-state index in [1.807, 2.05) is 24.3 Å². The molecule has 1 saturated carbocycles. The van der Waals surface area contributed by atoms with Gasteiger partial charge in [-0.25, -0.2) is 0 Å². The molecule has 6 nitrogen and oxygen atoms in total. The van der Waals surface area contributed by atoms with Gasteiger partial charge in [0.2, 0.25) is 0 Å². The lowest BCUT2D eigenvalue weighted by atomic mass is 10.2. The number of amides is 3. The molecule has 2 heterocycles. The van der Waals surface area contributed by atoms with Gasteiger partial charge in [-0.05, 0) is 25.0 Å². The third kappa shape index (κ3) is 2.85. The van der Waals surface area contributed by atoms with Crippen molar-refractivity contribution in [3.63, 3.8) is 0 Å². The molecule has 1 fully saturated rings. The average Bonchev–Trinajstić information content (AvgIpc) is 3.18. The van der Waals surface area contributed by atoms with Crippen LogP contribution in [0.5, 0.6) is 0 Å². The summed E-state index contributed by atoms with van der Waals surface area (Å²) in [6.45, 7) is 0. The Morgan fingerprint density at radius 2 is 1.75 bits per heavy atom. The summed E-state index contributed by atoms with van der Waals surface area (Å²) in [4.78, 5) is 35.8. The first-order valence-corrected chi connectivity index (χ1v) is 9.07. The number of carbonyl (C=O) groups excluding carboxylic acids is 3. The molecule has 1 aliphatic carbocycles. The van der Waals surface area contributed by atoms with Crippen LogP contribution in [0.4, 0.5) is 0 Å². The van der Waals surface area contributed by atoms with E-state index in [2.05, 4.69) is 16.2 Å². The highest BCUT2D eigenvalue weighted by Gasteiger charge is 2.26. The van der Waals surface area contributed by atoms with E-state index in [1.165, 1.54) is 16.0 Å². The first-order valence-electron chi connectivity index (χ1n) is 7.44. The maximum atomic E-state index is 12.2. The zero-order valence-electron chi connectivity index (χ0n) is 12.4. The number of hydrogen-bond donors (Lipinski definition) is 3. The predicted molar refractivity (Wildman–Crippen MR) is 94.0 cm³/mol. The quantitative estimate of drug-likeness (QED) is 0.484. The van der Waals surface area contributed by atoms with Crippen LogP contribution in [0.15, 0.2) is 30.3 Å². The second-order valence-corrected chi connectivity index (χ2v) is 7.69. The lowest BCUT2D eigenvalue weighted by Crippen LogP contribution is -2.48. The van der Waals surface area contributed by atoms with Crippen molar-refractivity contribution in [2.24, 2.45) is 0 Å². The lowest BCUT2D eigenvalue weighted by Gasteiger charge is -2.06. The van der Waals surface area contributed by atoms with Crippen molar-refractivity contribution in [3.8, 4) is 0 Å². The second kappa shape index (κ2) is 5.88. The molecule has 2 aromatic heterocycles. The molecule has 0 spiro atoms. The van der Waals surface area contributed by atoms with Crippen molar-refractivity contribution >= 4 is 59.9 Å². The summed E-state index contributed by atoms with van der Waals surface area (Å²) >= 11 is 2.99. The second-order valence-electron chi connectivity index (χ2n) is 5.56. The van der Waals surface area contributed by atoms with E-state index in [4.69, 9.17) is 0 Å². The summed E-state index contributed by atoms with van der Waals surface area (Å²) < 4.78 is 3.26. The zero-order valence-corrected chi connectivity index (χ0v) is 14.1. The van der Waals surface area contributed by atoms with Crippen molar-refractivity contribution in [3.05, 3.63) is 35.2 Å². The molecule has 8 heteroatoms. The van der Waals surface area contributed by atoms with Gasteiger partial charge in [0.05, 0.1) is 9.58 Å². The van der Waals surface area contributed by atoms with Gasteiger partial charge in [-0.2, -0.15) is 0 Å². The lowest BCUT2D eigenvalue weighted by molar-refractivity contribution is -0.139. The van der Waals surface area contributed by atoms with Gasteiger partial charge in [0.15, 0.2) is 0 Å². The van der Waals surface area contributed by atoms with Gasteiger partial charge >= 0.3 is 11.8 Å². The SMILES string of the molecule is O=C(NNC(=O)c1cc2sc3ccccc3c2s1)C(=O)NC1CC1. The summed E-state index contributed by atoms with van der Waals surface area (Å²) in [5, 5.41) is 3.68. The van der Waals surface area contributed by atoms with Crippen LogP contribution >= 0.6 is 22.7 Å². The predicted octanol–water partition coefficient (Wildman–Crippen LogP) is 2.16. The van der Waals surface area contributed by atoms with Crippen molar-refractivity contribution < 1.29 is 14.4 Å². The van der Waals surface area contributed by atoms with Gasteiger partial charge in [-0.3, -0.25) is 25.2 Å². The molecule has 0 aliphatic heterocycles. The molecule has 122 valence electrons. The highest BCUT2D eigenvalue weighted by molar-refractivity contribution is 7.33. The Hall–Kier alpha value is -2.45. The van der Waals surface area contributed by atoms with Crippen LogP contribution in [-0.2, 0) is 9.59 Å². The normalized spacial score (nSPS) is 13.8. The van der Waals surface area contributed by atoms with E-state index in [0.29, 0.717) is 4.88 Å². The van der Waals surface area contributed by atoms with Crippen molar-refractivity contribution in [1.82, 2.24) is 16.2 Å². The maximum absolute atomic E-state index is 12.2. The van der Waals surface area contributed by atoms with Crippen LogP contribution in [0.25, 0.3) is 19.5 Å². The van der Waals surface area contributed by atoms with E-state index in [9.17, 15) is 14.4 Å². The van der Waals surface area contributed by atoms with Gasteiger partial charge in [0.25, 0.3) is 5.91 Å². The molecule has 4 rings (SSSR count). The summed E-state index contributed by atoms with van der Waals surface area (Å²) in [5.74, 6) is -2.02. The van der Waals surface area contributed by atoms with Crippen LogP contribution in [0, 0.1) is 0 Å². The number of fused-ring (bicyclic) bond motifs is 3. The number of thiophene rings is 2. The molecular weight excluding hydrogens is 346 g/mol. The molecule has 1 aliphatic rings. The Kier molecular flexibility index (Phi) is 3.70. The highest BCUT2D eigenvalue weighted by atomic mass is 32.1. The Bertz CT molecular complexity index is 971. The Morgan fingerprint density at radius 1 is 0.958 bits per heavy atom. The molecule has 24 heavy (non-hydrogen) atoms. The van der Waals surface area contributed by atoms with E-state index in [-0.39, 0.29) is 6.04 Å². The van der Waals surface area contributed by atoms with Crippen molar-refractivity contribution in [2.75, 3.05) is 0 Å². The monoisotopic (exact) mass is 359 g/mol. The molecule has 0 saturated heterocycles. The van der Waals surface area contributed by atoms with Crippen LogP contribution in [0.2, 0.25) is 0 Å². The molecular formula is C16H13N3O3S2. The maximum Gasteiger partial charge on any atom is 0.327 e. The van der Waals surface area contributed by atoms with Crippen molar-refractivity contribution in [2.45, 2.75) is 18.9 Å². The molecule has 1 aromatic carbocycles. The molecule has 0 bridgehead atoms.